The van der Waals surface area contributed by atoms with Gasteiger partial charge in [0.05, 0.1) is 19.6 Å². The molecule has 14 heavy (non-hydrogen) atoms. The molecular weight excluding hydrogens is 192 g/mol. The first-order valence-electron chi connectivity index (χ1n) is 3.99. The molecule has 0 atom stereocenters. The normalized spacial score (nSPS) is 9.21. The molecule has 0 saturated carbocycles. The van der Waals surface area contributed by atoms with E-state index in [-0.39, 0.29) is 31.8 Å². The van der Waals surface area contributed by atoms with Crippen LogP contribution in [-0.4, -0.2) is 30.0 Å². The van der Waals surface area contributed by atoms with Gasteiger partial charge >= 0.3 is 5.97 Å². The topological polar surface area (TPSA) is 103 Å². The van der Waals surface area contributed by atoms with E-state index < -0.39 is 11.1 Å². The lowest BCUT2D eigenvalue weighted by Crippen LogP contribution is -2.11. The van der Waals surface area contributed by atoms with Gasteiger partial charge in [-0.05, 0) is 6.92 Å². The van der Waals surface area contributed by atoms with Crippen LogP contribution in [0.5, 0.6) is 0 Å². The van der Waals surface area contributed by atoms with Crippen LogP contribution in [0.2, 0.25) is 0 Å². The minimum absolute atomic E-state index is 0.0455. The van der Waals surface area contributed by atoms with Crippen LogP contribution in [0.3, 0.4) is 0 Å². The lowest BCUT2D eigenvalue weighted by molar-refractivity contribution is -0.757. The van der Waals surface area contributed by atoms with Gasteiger partial charge in [0.15, 0.2) is 0 Å². The van der Waals surface area contributed by atoms with Crippen LogP contribution in [0.4, 0.5) is 0 Å². The lowest BCUT2D eigenvalue weighted by atomic mass is 10.3. The number of carbonyl (C=O) groups excluding carboxylic acids is 1. The first kappa shape index (κ1) is 12.3. The number of esters is 1. The Balaban J connectivity index is 3.32. The fourth-order valence-electron chi connectivity index (χ4n) is 0.652. The van der Waals surface area contributed by atoms with E-state index in [9.17, 15) is 14.9 Å². The maximum atomic E-state index is 10.8. The molecule has 0 spiro atoms. The first-order chi connectivity index (χ1) is 6.52. The summed E-state index contributed by atoms with van der Waals surface area (Å²) in [4.78, 5) is 24.5. The summed E-state index contributed by atoms with van der Waals surface area (Å²) in [6.45, 7) is 1.47. The summed E-state index contributed by atoms with van der Waals surface area (Å²) in [7, 11) is 0. The van der Waals surface area contributed by atoms with Gasteiger partial charge in [0, 0.05) is 12.1 Å². The number of hydrogen-bond donors (Lipinski definition) is 1. The third-order valence-corrected chi connectivity index (χ3v) is 1.16. The molecule has 0 aliphatic heterocycles. The number of carbonyl (C=O) groups is 1. The van der Waals surface area contributed by atoms with Crippen molar-refractivity contribution in [2.24, 2.45) is 0 Å². The molecule has 0 aliphatic carbocycles. The third kappa shape index (κ3) is 8.44. The van der Waals surface area contributed by atoms with Gasteiger partial charge in [-0.15, -0.1) is 10.1 Å². The van der Waals surface area contributed by atoms with E-state index in [4.69, 9.17) is 5.41 Å². The van der Waals surface area contributed by atoms with Gasteiger partial charge in [-0.2, -0.15) is 0 Å². The number of nitrogens with one attached hydrogen (secondary N) is 1. The summed E-state index contributed by atoms with van der Waals surface area (Å²) < 4.78 is 4.65. The van der Waals surface area contributed by atoms with Gasteiger partial charge in [0.25, 0.3) is 5.09 Å². The molecule has 0 aromatic heterocycles. The maximum absolute atomic E-state index is 10.8. The Labute approximate surface area is 80.6 Å². The molecule has 0 radical (unpaired) electrons. The Morgan fingerprint density at radius 3 is 2.64 bits per heavy atom. The number of nitrogens with zero attached hydrogens (tertiary/aromatic N) is 1. The van der Waals surface area contributed by atoms with Crippen LogP contribution in [0.15, 0.2) is 0 Å². The fourth-order valence-corrected chi connectivity index (χ4v) is 0.652. The number of hydrogen-bond acceptors (Lipinski definition) is 6. The van der Waals surface area contributed by atoms with Gasteiger partial charge < -0.3 is 15.0 Å². The predicted molar refractivity (Wildman–Crippen MR) is 46.5 cm³/mol. The molecule has 0 fully saturated rings. The van der Waals surface area contributed by atoms with Crippen molar-refractivity contribution < 1.29 is 19.5 Å². The SMILES string of the molecule is CC(=N)CC(=O)OCCCO[N+](=O)[O-]. The second-order valence-corrected chi connectivity index (χ2v) is 2.59. The molecule has 0 aromatic carbocycles. The van der Waals surface area contributed by atoms with Crippen LogP contribution in [0.25, 0.3) is 0 Å². The second kappa shape index (κ2) is 6.81. The Morgan fingerprint density at radius 2 is 2.14 bits per heavy atom. The number of rotatable bonds is 7. The molecule has 0 bridgehead atoms. The van der Waals surface area contributed by atoms with E-state index in [1.807, 2.05) is 0 Å². The van der Waals surface area contributed by atoms with E-state index in [1.54, 1.807) is 0 Å². The van der Waals surface area contributed by atoms with E-state index in [2.05, 4.69) is 9.57 Å². The summed E-state index contributed by atoms with van der Waals surface area (Å²) in [5.41, 5.74) is 0.219. The highest BCUT2D eigenvalue weighted by Gasteiger charge is 2.03. The molecule has 0 unspecified atom stereocenters. The van der Waals surface area contributed by atoms with Crippen molar-refractivity contribution >= 4 is 11.7 Å². The van der Waals surface area contributed by atoms with Crippen molar-refractivity contribution in [3.63, 3.8) is 0 Å². The average Bonchev–Trinajstić information content (AvgIpc) is 2.01. The molecule has 0 heterocycles. The largest absolute Gasteiger partial charge is 0.465 e. The van der Waals surface area contributed by atoms with Crippen LogP contribution < -0.4 is 0 Å². The van der Waals surface area contributed by atoms with Crippen molar-refractivity contribution in [2.45, 2.75) is 19.8 Å². The highest BCUT2D eigenvalue weighted by Crippen LogP contribution is 1.91. The smallest absolute Gasteiger partial charge is 0.311 e. The van der Waals surface area contributed by atoms with E-state index in [0.29, 0.717) is 0 Å². The zero-order chi connectivity index (χ0) is 11.0. The molecule has 0 saturated heterocycles. The standard InChI is InChI=1S/C7H12N2O5/c1-6(8)5-7(10)13-3-2-4-14-9(11)12/h8H,2-5H2,1H3. The molecular formula is C7H12N2O5. The van der Waals surface area contributed by atoms with E-state index in [1.165, 1.54) is 6.92 Å². The van der Waals surface area contributed by atoms with Gasteiger partial charge in [-0.3, -0.25) is 4.79 Å². The molecule has 0 amide bonds. The monoisotopic (exact) mass is 204 g/mol. The minimum Gasteiger partial charge on any atom is -0.465 e. The third-order valence-electron chi connectivity index (χ3n) is 1.16. The summed E-state index contributed by atoms with van der Waals surface area (Å²) in [5.74, 6) is -0.501. The predicted octanol–water partition coefficient (Wildman–Crippen LogP) is 0.558. The Bertz CT molecular complexity index is 228. The minimum atomic E-state index is -0.899. The highest BCUT2D eigenvalue weighted by molar-refractivity contribution is 5.95. The fraction of sp³-hybridized carbons (Fsp3) is 0.714. The average molecular weight is 204 g/mol. The van der Waals surface area contributed by atoms with Crippen molar-refractivity contribution in [2.75, 3.05) is 13.2 Å². The number of ether oxygens (including phenoxy) is 1. The Hall–Kier alpha value is -1.66. The second-order valence-electron chi connectivity index (χ2n) is 2.59. The Kier molecular flexibility index (Phi) is 6.01. The molecule has 7 heteroatoms. The van der Waals surface area contributed by atoms with Crippen LogP contribution in [0.1, 0.15) is 19.8 Å². The molecule has 1 N–H and O–H groups in total. The van der Waals surface area contributed by atoms with Gasteiger partial charge in [-0.1, -0.05) is 0 Å². The van der Waals surface area contributed by atoms with Crippen molar-refractivity contribution in [3.05, 3.63) is 10.1 Å². The summed E-state index contributed by atoms with van der Waals surface area (Å²) >= 11 is 0. The van der Waals surface area contributed by atoms with Gasteiger partial charge in [-0.25, -0.2) is 0 Å². The summed E-state index contributed by atoms with van der Waals surface area (Å²) in [6.07, 6.45) is 0.222. The summed E-state index contributed by atoms with van der Waals surface area (Å²) in [5, 5.41) is 15.8. The van der Waals surface area contributed by atoms with Crippen molar-refractivity contribution in [1.82, 2.24) is 0 Å². The van der Waals surface area contributed by atoms with Gasteiger partial charge in [0.1, 0.15) is 0 Å². The van der Waals surface area contributed by atoms with Crippen molar-refractivity contribution in [3.8, 4) is 0 Å². The van der Waals surface area contributed by atoms with Crippen molar-refractivity contribution in [1.29, 1.82) is 5.41 Å². The van der Waals surface area contributed by atoms with E-state index >= 15 is 0 Å². The van der Waals surface area contributed by atoms with E-state index in [0.717, 1.165) is 0 Å². The molecule has 7 nitrogen and oxygen atoms in total. The molecule has 0 aromatic rings. The van der Waals surface area contributed by atoms with Crippen LogP contribution in [-0.2, 0) is 14.4 Å². The van der Waals surface area contributed by atoms with Crippen LogP contribution >= 0.6 is 0 Å². The quantitative estimate of drug-likeness (QED) is 0.214. The molecule has 80 valence electrons. The highest BCUT2D eigenvalue weighted by atomic mass is 16.9. The van der Waals surface area contributed by atoms with Crippen LogP contribution in [0, 0.1) is 15.5 Å². The molecule has 0 rings (SSSR count). The summed E-state index contributed by atoms with van der Waals surface area (Å²) in [6, 6.07) is 0. The first-order valence-corrected chi connectivity index (χ1v) is 3.99. The Morgan fingerprint density at radius 1 is 1.50 bits per heavy atom. The zero-order valence-electron chi connectivity index (χ0n) is 7.82. The maximum Gasteiger partial charge on any atom is 0.311 e. The molecule has 0 aliphatic rings. The van der Waals surface area contributed by atoms with Gasteiger partial charge in [0.2, 0.25) is 0 Å². The lowest BCUT2D eigenvalue weighted by Gasteiger charge is -2.02. The zero-order valence-corrected chi connectivity index (χ0v) is 7.82.